The van der Waals surface area contributed by atoms with Gasteiger partial charge in [-0.25, -0.2) is 0 Å². The molecule has 0 aliphatic heterocycles. The number of rotatable bonds is 5. The summed E-state index contributed by atoms with van der Waals surface area (Å²) in [6, 6.07) is 12.4. The number of carbonyl (C=O) groups is 2. The van der Waals surface area contributed by atoms with Crippen LogP contribution < -0.4 is 16.4 Å². The molecule has 1 heterocycles. The van der Waals surface area contributed by atoms with Crippen LogP contribution in [0.3, 0.4) is 0 Å². The molecule has 146 valence electrons. The Kier molecular flexibility index (Phi) is 8.69. The van der Waals surface area contributed by atoms with Crippen LogP contribution in [0.25, 0.3) is 0 Å². The van der Waals surface area contributed by atoms with Gasteiger partial charge in [-0.3, -0.25) is 14.6 Å². The fraction of sp³-hybridized carbons (Fsp3) is 0.316. The van der Waals surface area contributed by atoms with Gasteiger partial charge in [0.25, 0.3) is 5.91 Å². The maximum absolute atomic E-state index is 12.4. The summed E-state index contributed by atoms with van der Waals surface area (Å²) < 4.78 is 0. The van der Waals surface area contributed by atoms with Gasteiger partial charge in [-0.05, 0) is 43.2 Å². The minimum absolute atomic E-state index is 0. The van der Waals surface area contributed by atoms with E-state index in [0.717, 1.165) is 18.5 Å². The number of nitrogens with one attached hydrogen (secondary N) is 2. The zero-order valence-electron chi connectivity index (χ0n) is 14.8. The summed E-state index contributed by atoms with van der Waals surface area (Å²) in [4.78, 5) is 28.8. The monoisotopic (exact) mass is 410 g/mol. The third kappa shape index (κ3) is 5.92. The number of amides is 2. The fourth-order valence-corrected chi connectivity index (χ4v) is 3.00. The zero-order valence-corrected chi connectivity index (χ0v) is 16.4. The zero-order chi connectivity index (χ0) is 17.7. The largest absolute Gasteiger partial charge is 0.346 e. The van der Waals surface area contributed by atoms with Crippen molar-refractivity contribution >= 4 is 42.3 Å². The minimum atomic E-state index is -0.794. The van der Waals surface area contributed by atoms with Gasteiger partial charge in [-0.15, -0.1) is 24.8 Å². The van der Waals surface area contributed by atoms with Crippen molar-refractivity contribution in [3.05, 3.63) is 59.9 Å². The van der Waals surface area contributed by atoms with Gasteiger partial charge < -0.3 is 16.4 Å². The van der Waals surface area contributed by atoms with Crippen LogP contribution in [0, 0.1) is 0 Å². The molecular formula is C19H24Cl2N4O2. The normalized spacial score (nSPS) is 14.4. The van der Waals surface area contributed by atoms with Gasteiger partial charge in [0.15, 0.2) is 0 Å². The molecule has 8 heteroatoms. The number of nitrogens with two attached hydrogens (primary N) is 1. The van der Waals surface area contributed by atoms with Crippen molar-refractivity contribution in [1.82, 2.24) is 10.3 Å². The SMILES string of the molecule is Cl.Cl.NC1(C(=O)Nc2cccc(C(=O)NCc3ccccn3)c2)CCCC1. The Morgan fingerprint density at radius 3 is 2.48 bits per heavy atom. The minimum Gasteiger partial charge on any atom is -0.346 e. The molecule has 1 aromatic heterocycles. The van der Waals surface area contributed by atoms with Crippen LogP contribution in [0.4, 0.5) is 5.69 Å². The summed E-state index contributed by atoms with van der Waals surface area (Å²) >= 11 is 0. The van der Waals surface area contributed by atoms with Gasteiger partial charge in [0.05, 0.1) is 17.8 Å². The Morgan fingerprint density at radius 2 is 1.81 bits per heavy atom. The number of carbonyl (C=O) groups excluding carboxylic acids is 2. The second-order valence-corrected chi connectivity index (χ2v) is 6.40. The molecule has 1 fully saturated rings. The van der Waals surface area contributed by atoms with E-state index in [-0.39, 0.29) is 36.6 Å². The highest BCUT2D eigenvalue weighted by Crippen LogP contribution is 2.28. The van der Waals surface area contributed by atoms with E-state index >= 15 is 0 Å². The lowest BCUT2D eigenvalue weighted by Crippen LogP contribution is -2.48. The van der Waals surface area contributed by atoms with Gasteiger partial charge in [0.2, 0.25) is 5.91 Å². The quantitative estimate of drug-likeness (QED) is 0.705. The van der Waals surface area contributed by atoms with Gasteiger partial charge in [-0.2, -0.15) is 0 Å². The Hall–Kier alpha value is -2.15. The van der Waals surface area contributed by atoms with Gasteiger partial charge in [0, 0.05) is 17.4 Å². The van der Waals surface area contributed by atoms with E-state index in [1.165, 1.54) is 0 Å². The molecule has 3 rings (SSSR count). The van der Waals surface area contributed by atoms with E-state index in [0.29, 0.717) is 30.6 Å². The highest BCUT2D eigenvalue weighted by Gasteiger charge is 2.36. The van der Waals surface area contributed by atoms with E-state index in [9.17, 15) is 9.59 Å². The Labute approximate surface area is 171 Å². The van der Waals surface area contributed by atoms with Crippen molar-refractivity contribution in [3.8, 4) is 0 Å². The van der Waals surface area contributed by atoms with E-state index in [2.05, 4.69) is 15.6 Å². The summed E-state index contributed by atoms with van der Waals surface area (Å²) in [7, 11) is 0. The van der Waals surface area contributed by atoms with Gasteiger partial charge in [0.1, 0.15) is 0 Å². The molecule has 0 saturated heterocycles. The van der Waals surface area contributed by atoms with Crippen molar-refractivity contribution in [2.75, 3.05) is 5.32 Å². The highest BCUT2D eigenvalue weighted by atomic mass is 35.5. The first-order chi connectivity index (χ1) is 12.1. The molecule has 2 amide bonds. The average Bonchev–Trinajstić information content (AvgIpc) is 3.09. The highest BCUT2D eigenvalue weighted by molar-refractivity contribution is 6.00. The van der Waals surface area contributed by atoms with Crippen molar-refractivity contribution in [1.29, 1.82) is 0 Å². The first-order valence-electron chi connectivity index (χ1n) is 8.45. The molecule has 0 atom stereocenters. The summed E-state index contributed by atoms with van der Waals surface area (Å²) in [5.74, 6) is -0.402. The molecule has 4 N–H and O–H groups in total. The molecular weight excluding hydrogens is 387 g/mol. The number of pyridine rings is 1. The first-order valence-corrected chi connectivity index (χ1v) is 8.45. The maximum Gasteiger partial charge on any atom is 0.251 e. The van der Waals surface area contributed by atoms with E-state index in [4.69, 9.17) is 5.73 Å². The molecule has 27 heavy (non-hydrogen) atoms. The third-order valence-corrected chi connectivity index (χ3v) is 4.49. The number of hydrogen-bond donors (Lipinski definition) is 3. The number of benzene rings is 1. The van der Waals surface area contributed by atoms with Crippen LogP contribution in [0.15, 0.2) is 48.7 Å². The van der Waals surface area contributed by atoms with Gasteiger partial charge in [-0.1, -0.05) is 25.0 Å². The summed E-state index contributed by atoms with van der Waals surface area (Å²) in [6.45, 7) is 0.349. The molecule has 1 aromatic carbocycles. The van der Waals surface area contributed by atoms with Crippen molar-refractivity contribution in [2.24, 2.45) is 5.73 Å². The fourth-order valence-electron chi connectivity index (χ4n) is 3.00. The van der Waals surface area contributed by atoms with Crippen LogP contribution in [0.2, 0.25) is 0 Å². The van der Waals surface area contributed by atoms with E-state index in [1.54, 1.807) is 30.5 Å². The molecule has 2 aromatic rings. The second kappa shape index (κ2) is 10.3. The number of hydrogen-bond acceptors (Lipinski definition) is 4. The maximum atomic E-state index is 12.4. The average molecular weight is 411 g/mol. The van der Waals surface area contributed by atoms with Crippen molar-refractivity contribution in [2.45, 2.75) is 37.8 Å². The van der Waals surface area contributed by atoms with Crippen LogP contribution >= 0.6 is 24.8 Å². The first kappa shape index (κ1) is 22.9. The number of aromatic nitrogens is 1. The molecule has 0 radical (unpaired) electrons. The third-order valence-electron chi connectivity index (χ3n) is 4.49. The smallest absolute Gasteiger partial charge is 0.251 e. The Morgan fingerprint density at radius 1 is 1.07 bits per heavy atom. The molecule has 0 unspecified atom stereocenters. The molecule has 0 bridgehead atoms. The van der Waals surface area contributed by atoms with Crippen LogP contribution in [0.5, 0.6) is 0 Å². The van der Waals surface area contributed by atoms with E-state index in [1.807, 2.05) is 18.2 Å². The standard InChI is InChI=1S/C19H22N4O2.2ClH/c20-19(9-2-3-10-19)18(25)23-15-8-5-6-14(12-15)17(24)22-13-16-7-1-4-11-21-16;;/h1,4-8,11-12H,2-3,9-10,13,20H2,(H,22,24)(H,23,25);2*1H. The lowest BCUT2D eigenvalue weighted by molar-refractivity contribution is -0.121. The Balaban J connectivity index is 0.00000182. The molecule has 1 aliphatic carbocycles. The predicted molar refractivity (Wildman–Crippen MR) is 110 cm³/mol. The van der Waals surface area contributed by atoms with Crippen LogP contribution in [-0.4, -0.2) is 22.3 Å². The summed E-state index contributed by atoms with van der Waals surface area (Å²) in [6.07, 6.45) is 5.02. The van der Waals surface area contributed by atoms with Crippen molar-refractivity contribution < 1.29 is 9.59 Å². The van der Waals surface area contributed by atoms with Gasteiger partial charge >= 0.3 is 0 Å². The number of nitrogens with zero attached hydrogens (tertiary/aromatic N) is 1. The topological polar surface area (TPSA) is 97.1 Å². The van der Waals surface area contributed by atoms with E-state index < -0.39 is 5.54 Å². The summed E-state index contributed by atoms with van der Waals surface area (Å²) in [5.41, 5.74) is 7.21. The lowest BCUT2D eigenvalue weighted by Gasteiger charge is -2.22. The van der Waals surface area contributed by atoms with Crippen molar-refractivity contribution in [3.63, 3.8) is 0 Å². The lowest BCUT2D eigenvalue weighted by atomic mass is 9.98. The van der Waals surface area contributed by atoms with Crippen LogP contribution in [0.1, 0.15) is 41.7 Å². The molecule has 6 nitrogen and oxygen atoms in total. The number of anilines is 1. The predicted octanol–water partition coefficient (Wildman–Crippen LogP) is 3.07. The Bertz CT molecular complexity index is 765. The summed E-state index contributed by atoms with van der Waals surface area (Å²) in [5, 5.41) is 5.66. The van der Waals surface area contributed by atoms with Crippen LogP contribution in [-0.2, 0) is 11.3 Å². The second-order valence-electron chi connectivity index (χ2n) is 6.40. The molecule has 0 spiro atoms. The number of halogens is 2. The molecule has 1 saturated carbocycles. The molecule has 1 aliphatic rings.